The maximum Gasteiger partial charge on any atom is 0.308 e. The molecule has 1 atom stereocenters. The van der Waals surface area contributed by atoms with E-state index in [1.807, 2.05) is 30.3 Å². The van der Waals surface area contributed by atoms with Gasteiger partial charge in [-0.1, -0.05) is 52.0 Å². The highest BCUT2D eigenvalue weighted by atomic mass is 16.5. The van der Waals surface area contributed by atoms with Gasteiger partial charge in [-0.3, -0.25) is 9.59 Å². The van der Waals surface area contributed by atoms with E-state index in [9.17, 15) is 9.59 Å². The normalized spacial score (nSPS) is 16.9. The Bertz CT molecular complexity index is 896. The molecule has 0 radical (unpaired) electrons. The van der Waals surface area contributed by atoms with Crippen molar-refractivity contribution in [3.63, 3.8) is 0 Å². The topological polar surface area (TPSA) is 66.8 Å². The quantitative estimate of drug-likeness (QED) is 0.765. The molecule has 0 aliphatic carbocycles. The molecule has 3 rings (SSSR count). The lowest BCUT2D eigenvalue weighted by atomic mass is 9.85. The maximum atomic E-state index is 12.0. The Labute approximate surface area is 172 Å². The fraction of sp³-hybridized carbons (Fsp3) is 0.417. The highest BCUT2D eigenvalue weighted by molar-refractivity contribution is 5.86. The van der Waals surface area contributed by atoms with Gasteiger partial charge < -0.3 is 14.7 Å². The summed E-state index contributed by atoms with van der Waals surface area (Å²) in [5.41, 5.74) is 3.38. The van der Waals surface area contributed by atoms with Gasteiger partial charge in [-0.15, -0.1) is 0 Å². The average Bonchev–Trinajstić information content (AvgIpc) is 3.03. The second kappa shape index (κ2) is 8.27. The van der Waals surface area contributed by atoms with Crippen molar-refractivity contribution in [3.05, 3.63) is 59.2 Å². The third-order valence-electron chi connectivity index (χ3n) is 5.35. The largest absolute Gasteiger partial charge is 0.481 e. The zero-order valence-electron chi connectivity index (χ0n) is 17.6. The van der Waals surface area contributed by atoms with Gasteiger partial charge in [0.2, 0.25) is 5.91 Å². The highest BCUT2D eigenvalue weighted by Gasteiger charge is 2.34. The molecule has 0 spiro atoms. The first-order chi connectivity index (χ1) is 13.7. The number of carboxylic acid groups (broad SMARTS) is 1. The van der Waals surface area contributed by atoms with Gasteiger partial charge in [0.25, 0.3) is 0 Å². The summed E-state index contributed by atoms with van der Waals surface area (Å²) >= 11 is 0. The Balaban J connectivity index is 1.72. The van der Waals surface area contributed by atoms with Crippen LogP contribution < -0.4 is 4.74 Å². The molecule has 1 amide bonds. The molecule has 1 saturated heterocycles. The SMILES string of the molecule is CCc1ccc(Oc2ccc(CN3CC(C(=O)O)CC3=O)cc2)c(C(C)(C)C)c1. The lowest BCUT2D eigenvalue weighted by molar-refractivity contribution is -0.141. The van der Waals surface area contributed by atoms with Gasteiger partial charge in [-0.25, -0.2) is 0 Å². The molecule has 1 fully saturated rings. The minimum atomic E-state index is -0.909. The van der Waals surface area contributed by atoms with E-state index in [2.05, 4.69) is 39.8 Å². The first-order valence-corrected chi connectivity index (χ1v) is 10.1. The Hall–Kier alpha value is -2.82. The number of hydrogen-bond donors (Lipinski definition) is 1. The highest BCUT2D eigenvalue weighted by Crippen LogP contribution is 2.35. The number of rotatable bonds is 6. The van der Waals surface area contributed by atoms with Crippen LogP contribution in [0.2, 0.25) is 0 Å². The number of carbonyl (C=O) groups excluding carboxylic acids is 1. The summed E-state index contributed by atoms with van der Waals surface area (Å²) in [5.74, 6) is -0.0370. The molecule has 1 heterocycles. The molecule has 2 aromatic rings. The van der Waals surface area contributed by atoms with Gasteiger partial charge in [0.15, 0.2) is 0 Å². The molecule has 1 aliphatic rings. The van der Waals surface area contributed by atoms with Crippen molar-refractivity contribution in [3.8, 4) is 11.5 Å². The van der Waals surface area contributed by atoms with Crippen molar-refractivity contribution in [1.82, 2.24) is 4.90 Å². The van der Waals surface area contributed by atoms with Gasteiger partial charge in [-0.05, 0) is 41.2 Å². The number of aryl methyl sites for hydroxylation is 1. The predicted molar refractivity (Wildman–Crippen MR) is 112 cm³/mol. The molecule has 0 bridgehead atoms. The van der Waals surface area contributed by atoms with Gasteiger partial charge in [0.1, 0.15) is 11.5 Å². The zero-order valence-corrected chi connectivity index (χ0v) is 17.6. The fourth-order valence-corrected chi connectivity index (χ4v) is 3.57. The van der Waals surface area contributed by atoms with E-state index >= 15 is 0 Å². The molecular formula is C24H29NO4. The molecule has 2 aromatic carbocycles. The zero-order chi connectivity index (χ0) is 21.2. The third kappa shape index (κ3) is 4.97. The first-order valence-electron chi connectivity index (χ1n) is 10.1. The van der Waals surface area contributed by atoms with E-state index in [1.54, 1.807) is 4.90 Å². The van der Waals surface area contributed by atoms with Crippen LogP contribution in [0.15, 0.2) is 42.5 Å². The molecule has 5 nitrogen and oxygen atoms in total. The number of benzene rings is 2. The number of ether oxygens (including phenoxy) is 1. The van der Waals surface area contributed by atoms with Crippen molar-refractivity contribution >= 4 is 11.9 Å². The number of nitrogens with zero attached hydrogens (tertiary/aromatic N) is 1. The summed E-state index contributed by atoms with van der Waals surface area (Å²) in [6.07, 6.45) is 1.07. The van der Waals surface area contributed by atoms with E-state index in [-0.39, 0.29) is 24.3 Å². The summed E-state index contributed by atoms with van der Waals surface area (Å²) in [4.78, 5) is 24.7. The van der Waals surface area contributed by atoms with Gasteiger partial charge in [0, 0.05) is 25.1 Å². The van der Waals surface area contributed by atoms with Crippen LogP contribution in [0.25, 0.3) is 0 Å². The van der Waals surface area contributed by atoms with Gasteiger partial charge in [0.05, 0.1) is 5.92 Å². The van der Waals surface area contributed by atoms with Gasteiger partial charge in [-0.2, -0.15) is 0 Å². The van der Waals surface area contributed by atoms with Crippen LogP contribution in [0.3, 0.4) is 0 Å². The van der Waals surface area contributed by atoms with Crippen LogP contribution in [-0.2, 0) is 28.0 Å². The van der Waals surface area contributed by atoms with Crippen molar-refractivity contribution in [2.45, 2.75) is 52.5 Å². The van der Waals surface area contributed by atoms with E-state index < -0.39 is 11.9 Å². The Morgan fingerprint density at radius 2 is 1.79 bits per heavy atom. The molecule has 1 aliphatic heterocycles. The number of carboxylic acids is 1. The Kier molecular flexibility index (Phi) is 5.96. The van der Waals surface area contributed by atoms with E-state index in [0.717, 1.165) is 23.5 Å². The first kappa shape index (κ1) is 20.9. The summed E-state index contributed by atoms with van der Waals surface area (Å²) in [6, 6.07) is 14.0. The van der Waals surface area contributed by atoms with Crippen molar-refractivity contribution < 1.29 is 19.4 Å². The Morgan fingerprint density at radius 3 is 2.34 bits per heavy atom. The monoisotopic (exact) mass is 395 g/mol. The summed E-state index contributed by atoms with van der Waals surface area (Å²) in [7, 11) is 0. The summed E-state index contributed by atoms with van der Waals surface area (Å²) in [6.45, 7) is 9.36. The van der Waals surface area contributed by atoms with Crippen molar-refractivity contribution in [2.75, 3.05) is 6.54 Å². The molecule has 0 saturated carbocycles. The van der Waals surface area contributed by atoms with Gasteiger partial charge >= 0.3 is 5.97 Å². The van der Waals surface area contributed by atoms with Crippen LogP contribution >= 0.6 is 0 Å². The van der Waals surface area contributed by atoms with Crippen LogP contribution in [0, 0.1) is 5.92 Å². The maximum absolute atomic E-state index is 12.0. The minimum absolute atomic E-state index is 0.0305. The molecule has 1 unspecified atom stereocenters. The van der Waals surface area contributed by atoms with Crippen LogP contribution in [0.4, 0.5) is 0 Å². The van der Waals surface area contributed by atoms with Crippen LogP contribution in [-0.4, -0.2) is 28.4 Å². The second-order valence-corrected chi connectivity index (χ2v) is 8.69. The number of aliphatic carboxylic acids is 1. The van der Waals surface area contributed by atoms with E-state index in [0.29, 0.717) is 6.54 Å². The minimum Gasteiger partial charge on any atom is -0.481 e. The number of hydrogen-bond acceptors (Lipinski definition) is 3. The average molecular weight is 395 g/mol. The molecule has 5 heteroatoms. The predicted octanol–water partition coefficient (Wildman–Crippen LogP) is 4.77. The molecule has 154 valence electrons. The standard InChI is InChI=1S/C24H29NO4/c1-5-16-8-11-21(20(12-16)24(2,3)4)29-19-9-6-17(7-10-19)14-25-15-18(23(27)28)13-22(25)26/h6-12,18H,5,13-15H2,1-4H3,(H,27,28). The van der Waals surface area contributed by atoms with E-state index in [1.165, 1.54) is 11.1 Å². The van der Waals surface area contributed by atoms with E-state index in [4.69, 9.17) is 9.84 Å². The fourth-order valence-electron chi connectivity index (χ4n) is 3.57. The molecule has 0 aromatic heterocycles. The third-order valence-corrected chi connectivity index (χ3v) is 5.35. The Morgan fingerprint density at radius 1 is 1.14 bits per heavy atom. The summed E-state index contributed by atoms with van der Waals surface area (Å²) < 4.78 is 6.17. The number of amides is 1. The number of likely N-dealkylation sites (tertiary alicyclic amines) is 1. The molecule has 1 N–H and O–H groups in total. The van der Waals surface area contributed by atoms with Crippen molar-refractivity contribution in [2.24, 2.45) is 5.92 Å². The lowest BCUT2D eigenvalue weighted by Crippen LogP contribution is -2.25. The molecular weight excluding hydrogens is 366 g/mol. The molecule has 29 heavy (non-hydrogen) atoms. The van der Waals surface area contributed by atoms with Crippen molar-refractivity contribution in [1.29, 1.82) is 0 Å². The van der Waals surface area contributed by atoms with Crippen LogP contribution in [0.5, 0.6) is 11.5 Å². The lowest BCUT2D eigenvalue weighted by Gasteiger charge is -2.23. The number of carbonyl (C=O) groups is 2. The second-order valence-electron chi connectivity index (χ2n) is 8.69. The smallest absolute Gasteiger partial charge is 0.308 e. The van der Waals surface area contributed by atoms with Crippen LogP contribution in [0.1, 0.15) is 50.8 Å². The summed E-state index contributed by atoms with van der Waals surface area (Å²) in [5, 5.41) is 9.11.